The van der Waals surface area contributed by atoms with Crippen LogP contribution in [0.25, 0.3) is 33.6 Å². The van der Waals surface area contributed by atoms with E-state index in [4.69, 9.17) is 9.47 Å². The lowest BCUT2D eigenvalue weighted by atomic mass is 9.90. The van der Waals surface area contributed by atoms with Crippen LogP contribution in [0.4, 0.5) is 35.1 Å². The quantitative estimate of drug-likeness (QED) is 0.259. The van der Waals surface area contributed by atoms with Crippen molar-refractivity contribution >= 4 is 22.4 Å². The van der Waals surface area contributed by atoms with Crippen LogP contribution in [-0.2, 0) is 0 Å². The Hall–Kier alpha value is -3.30. The Labute approximate surface area is 200 Å². The summed E-state index contributed by atoms with van der Waals surface area (Å²) in [5.74, 6) is -13.9. The summed E-state index contributed by atoms with van der Waals surface area (Å²) in [5, 5.41) is -3.15. The molecule has 1 aliphatic carbocycles. The molecule has 0 aliphatic heterocycles. The maximum absolute atomic E-state index is 15.3. The van der Waals surface area contributed by atoms with Gasteiger partial charge in [0.1, 0.15) is 23.1 Å². The molecule has 0 saturated heterocycles. The number of hydrogen-bond donors (Lipinski definition) is 0. The summed E-state index contributed by atoms with van der Waals surface area (Å²) in [4.78, 5) is 0. The minimum atomic E-state index is -4.89. The topological polar surface area (TPSA) is 18.5 Å². The van der Waals surface area contributed by atoms with Gasteiger partial charge in [-0.05, 0) is 37.1 Å². The summed E-state index contributed by atoms with van der Waals surface area (Å²) < 4.78 is 128. The Morgan fingerprint density at radius 3 is 2.00 bits per heavy atom. The largest absolute Gasteiger partial charge is 0.493 e. The second kappa shape index (κ2) is 9.63. The second-order valence-corrected chi connectivity index (χ2v) is 8.22. The predicted molar refractivity (Wildman–Crippen MR) is 119 cm³/mol. The minimum absolute atomic E-state index is 0.0108. The third-order valence-corrected chi connectivity index (χ3v) is 5.76. The molecule has 0 N–H and O–H groups in total. The minimum Gasteiger partial charge on any atom is -0.493 e. The monoisotopic (exact) mass is 516 g/mol. The number of alkyl halides is 3. The molecule has 2 nitrogen and oxygen atoms in total. The number of ether oxygens (including phenoxy) is 2. The van der Waals surface area contributed by atoms with Crippen molar-refractivity contribution in [3.8, 4) is 22.6 Å². The summed E-state index contributed by atoms with van der Waals surface area (Å²) in [7, 11) is 0. The Morgan fingerprint density at radius 2 is 1.39 bits per heavy atom. The molecule has 1 unspecified atom stereocenters. The van der Waals surface area contributed by atoms with E-state index in [2.05, 4.69) is 0 Å². The summed E-state index contributed by atoms with van der Waals surface area (Å²) in [6, 6.07) is 4.36. The van der Waals surface area contributed by atoms with Gasteiger partial charge in [0.25, 0.3) is 0 Å². The van der Waals surface area contributed by atoms with Crippen molar-refractivity contribution in [3.05, 3.63) is 58.2 Å². The molecular weight excluding hydrogens is 496 g/mol. The Balaban J connectivity index is 2.30. The summed E-state index contributed by atoms with van der Waals surface area (Å²) in [5.41, 5.74) is -1.06. The van der Waals surface area contributed by atoms with Crippen LogP contribution < -0.4 is 19.9 Å². The fourth-order valence-electron chi connectivity index (χ4n) is 4.14. The zero-order valence-electron chi connectivity index (χ0n) is 19.1. The van der Waals surface area contributed by atoms with Gasteiger partial charge in [0.05, 0.1) is 13.2 Å². The van der Waals surface area contributed by atoms with Gasteiger partial charge in [-0.15, -0.1) is 0 Å². The van der Waals surface area contributed by atoms with Gasteiger partial charge in [0, 0.05) is 38.4 Å². The van der Waals surface area contributed by atoms with E-state index < -0.39 is 73.5 Å². The van der Waals surface area contributed by atoms with Crippen molar-refractivity contribution < 1.29 is 44.6 Å². The Morgan fingerprint density at radius 1 is 0.806 bits per heavy atom. The molecule has 1 aliphatic rings. The van der Waals surface area contributed by atoms with Crippen LogP contribution in [0.15, 0.2) is 30.3 Å². The van der Waals surface area contributed by atoms with Gasteiger partial charge in [0.2, 0.25) is 6.17 Å². The number of hydrogen-bond acceptors (Lipinski definition) is 2. The summed E-state index contributed by atoms with van der Waals surface area (Å²) >= 11 is 0. The van der Waals surface area contributed by atoms with Gasteiger partial charge in [0.15, 0.2) is 17.5 Å². The number of rotatable bonds is 7. The van der Waals surface area contributed by atoms with Crippen molar-refractivity contribution in [2.24, 2.45) is 0 Å². The van der Waals surface area contributed by atoms with Crippen molar-refractivity contribution in [1.82, 2.24) is 0 Å². The van der Waals surface area contributed by atoms with Gasteiger partial charge in [-0.1, -0.05) is 13.8 Å². The van der Waals surface area contributed by atoms with E-state index in [0.717, 1.165) is 24.3 Å². The highest BCUT2D eigenvalue weighted by atomic mass is 19.3. The summed E-state index contributed by atoms with van der Waals surface area (Å²) in [6.45, 7) is 3.46. The normalized spacial score (nSPS) is 16.9. The second-order valence-electron chi connectivity index (χ2n) is 8.22. The molecule has 0 heterocycles. The molecule has 36 heavy (non-hydrogen) atoms. The molecule has 0 amide bonds. The first kappa shape index (κ1) is 25.8. The predicted octanol–water partition coefficient (Wildman–Crippen LogP) is 6.64. The van der Waals surface area contributed by atoms with Gasteiger partial charge < -0.3 is 9.47 Å². The van der Waals surface area contributed by atoms with E-state index in [-0.39, 0.29) is 30.8 Å². The van der Waals surface area contributed by atoms with Gasteiger partial charge in [-0.2, -0.15) is 8.78 Å². The lowest BCUT2D eigenvalue weighted by Gasteiger charge is -2.25. The van der Waals surface area contributed by atoms with Crippen LogP contribution in [0.5, 0.6) is 11.5 Å². The molecule has 1 atom stereocenters. The van der Waals surface area contributed by atoms with E-state index >= 15 is 8.78 Å². The van der Waals surface area contributed by atoms with Crippen LogP contribution in [0.3, 0.4) is 0 Å². The number of benzene rings is 3. The fraction of sp³-hybridized carbons (Fsp3) is 0.308. The third kappa shape index (κ3) is 3.96. The molecular formula is C26H20F8O2. The van der Waals surface area contributed by atoms with E-state index in [0.29, 0.717) is 12.8 Å². The Bertz CT molecular complexity index is 1470. The SMILES string of the molecule is CCCOc1ccc2c(c1-c1c(OCCC)ccc3c(F)c(F)cc(F)c13)=C(F)C(F)(F)C(F)C=2F. The van der Waals surface area contributed by atoms with E-state index in [1.165, 1.54) is 0 Å². The van der Waals surface area contributed by atoms with Crippen LogP contribution in [0.1, 0.15) is 26.7 Å². The summed E-state index contributed by atoms with van der Waals surface area (Å²) in [6.07, 6.45) is -2.74. The van der Waals surface area contributed by atoms with Crippen LogP contribution >= 0.6 is 0 Å². The molecule has 3 aromatic carbocycles. The highest BCUT2D eigenvalue weighted by Crippen LogP contribution is 2.44. The van der Waals surface area contributed by atoms with Crippen molar-refractivity contribution in [2.45, 2.75) is 38.8 Å². The van der Waals surface area contributed by atoms with Crippen LogP contribution in [0, 0.1) is 17.5 Å². The average Bonchev–Trinajstić information content (AvgIpc) is 2.86. The van der Waals surface area contributed by atoms with Crippen molar-refractivity contribution in [2.75, 3.05) is 13.2 Å². The zero-order valence-corrected chi connectivity index (χ0v) is 19.1. The lowest BCUT2D eigenvalue weighted by Crippen LogP contribution is -2.46. The van der Waals surface area contributed by atoms with E-state index in [9.17, 15) is 26.3 Å². The number of fused-ring (bicyclic) bond motifs is 2. The van der Waals surface area contributed by atoms with Gasteiger partial charge >= 0.3 is 5.92 Å². The molecule has 10 heteroatoms. The molecule has 0 spiro atoms. The molecule has 3 aromatic rings. The fourth-order valence-corrected chi connectivity index (χ4v) is 4.14. The van der Waals surface area contributed by atoms with Crippen LogP contribution in [0.2, 0.25) is 0 Å². The smallest absolute Gasteiger partial charge is 0.336 e. The molecule has 0 bridgehead atoms. The zero-order chi connectivity index (χ0) is 26.4. The maximum Gasteiger partial charge on any atom is 0.336 e. The molecule has 0 aromatic heterocycles. The highest BCUT2D eigenvalue weighted by molar-refractivity contribution is 6.02. The molecule has 192 valence electrons. The van der Waals surface area contributed by atoms with Crippen LogP contribution in [-0.4, -0.2) is 25.3 Å². The number of halogens is 8. The molecule has 0 fully saturated rings. The van der Waals surface area contributed by atoms with Gasteiger partial charge in [-0.3, -0.25) is 0 Å². The first-order chi connectivity index (χ1) is 17.1. The Kier molecular flexibility index (Phi) is 6.90. The molecule has 0 saturated carbocycles. The standard InChI is InChI=1S/C26H20F8O2/c1-3-9-35-16-7-5-12-18(14(27)11-15(28)22(12)29)20(16)21-17(36-10-4-2)8-6-13-19(21)24(31)26(33,34)25(32)23(13)30/h5-8,11,25H,3-4,9-10H2,1-2H3. The average molecular weight is 516 g/mol. The highest BCUT2D eigenvalue weighted by Gasteiger charge is 2.51. The first-order valence-electron chi connectivity index (χ1n) is 11.2. The van der Waals surface area contributed by atoms with Gasteiger partial charge in [-0.25, -0.2) is 26.3 Å². The first-order valence-corrected chi connectivity index (χ1v) is 11.2. The van der Waals surface area contributed by atoms with E-state index in [1.807, 2.05) is 0 Å². The van der Waals surface area contributed by atoms with Crippen molar-refractivity contribution in [1.29, 1.82) is 0 Å². The van der Waals surface area contributed by atoms with E-state index in [1.54, 1.807) is 13.8 Å². The third-order valence-electron chi connectivity index (χ3n) is 5.76. The molecule has 0 radical (unpaired) electrons. The molecule has 4 rings (SSSR count). The maximum atomic E-state index is 15.3. The van der Waals surface area contributed by atoms with Crippen molar-refractivity contribution in [3.63, 3.8) is 0 Å². The lowest BCUT2D eigenvalue weighted by molar-refractivity contribution is -0.0127.